The van der Waals surface area contributed by atoms with E-state index in [1.54, 1.807) is 49.0 Å². The molecule has 220 valence electrons. The number of ether oxygens (including phenoxy) is 1. The van der Waals surface area contributed by atoms with Crippen LogP contribution in [-0.4, -0.2) is 60.5 Å². The number of carbonyl (C=O) groups excluding carboxylic acids is 1. The zero-order valence-corrected chi connectivity index (χ0v) is 24.4. The van der Waals surface area contributed by atoms with Crippen LogP contribution in [0, 0.1) is 12.8 Å². The Hall–Kier alpha value is -3.87. The van der Waals surface area contributed by atoms with Gasteiger partial charge < -0.3 is 14.7 Å². The molecule has 0 amide bonds. The number of benzene rings is 2. The summed E-state index contributed by atoms with van der Waals surface area (Å²) in [5, 5.41) is 22.3. The highest BCUT2D eigenvalue weighted by Crippen LogP contribution is 2.19. The maximum absolute atomic E-state index is 13.1. The highest BCUT2D eigenvalue weighted by molar-refractivity contribution is 7.89. The van der Waals surface area contributed by atoms with Crippen molar-refractivity contribution in [3.8, 4) is 0 Å². The number of carbonyl (C=O) groups is 1. The summed E-state index contributed by atoms with van der Waals surface area (Å²) in [6.07, 6.45) is 6.42. The van der Waals surface area contributed by atoms with Gasteiger partial charge >= 0.3 is 5.97 Å². The average Bonchev–Trinajstić information content (AvgIpc) is 3.46. The number of rotatable bonds is 15. The van der Waals surface area contributed by atoms with Crippen LogP contribution < -0.4 is 4.72 Å². The number of methoxy groups -OCH3 is 1. The number of aliphatic hydroxyl groups excluding tert-OH is 1. The second-order valence-corrected chi connectivity index (χ2v) is 11.4. The molecule has 12 heteroatoms. The van der Waals surface area contributed by atoms with E-state index in [4.69, 9.17) is 4.84 Å². The quantitative estimate of drug-likeness (QED) is 0.120. The van der Waals surface area contributed by atoms with E-state index < -0.39 is 28.1 Å². The van der Waals surface area contributed by atoms with E-state index in [9.17, 15) is 18.3 Å². The minimum atomic E-state index is -3.88. The molecule has 1 heterocycles. The number of esters is 1. The highest BCUT2D eigenvalue weighted by Gasteiger charge is 2.23. The summed E-state index contributed by atoms with van der Waals surface area (Å²) in [5.41, 5.74) is 2.49. The number of nitrogens with zero attached hydrogens (tertiary/aromatic N) is 4. The summed E-state index contributed by atoms with van der Waals surface area (Å²) in [4.78, 5) is 17.2. The SMILES string of the molecule is COC(=O)CC=C[C@@H](C)[C@@H](C=NO[C@@H](C)c1cn([C@H](CO)Cc2ccccc2)nn1)NS(=O)(=O)c1ccc(C)cc1. The Kier molecular flexibility index (Phi) is 11.7. The molecule has 0 saturated heterocycles. The highest BCUT2D eigenvalue weighted by atomic mass is 32.2. The van der Waals surface area contributed by atoms with Gasteiger partial charge in [-0.25, -0.2) is 17.8 Å². The molecule has 2 aromatic carbocycles. The Bertz CT molecular complexity index is 1410. The van der Waals surface area contributed by atoms with Gasteiger partial charge in [-0.2, -0.15) is 0 Å². The van der Waals surface area contributed by atoms with Crippen LogP contribution in [0.5, 0.6) is 0 Å². The maximum atomic E-state index is 13.1. The molecule has 3 aromatic rings. The van der Waals surface area contributed by atoms with E-state index in [-0.39, 0.29) is 29.9 Å². The number of nitrogens with one attached hydrogen (secondary N) is 1. The molecule has 0 radical (unpaired) electrons. The predicted molar refractivity (Wildman–Crippen MR) is 155 cm³/mol. The summed E-state index contributed by atoms with van der Waals surface area (Å²) >= 11 is 0. The van der Waals surface area contributed by atoms with Crippen molar-refractivity contribution in [2.24, 2.45) is 11.1 Å². The van der Waals surface area contributed by atoms with Crippen molar-refractivity contribution in [1.29, 1.82) is 0 Å². The van der Waals surface area contributed by atoms with Gasteiger partial charge in [0, 0.05) is 0 Å². The minimum absolute atomic E-state index is 0.0533. The molecule has 0 saturated carbocycles. The monoisotopic (exact) mass is 583 g/mol. The van der Waals surface area contributed by atoms with Gasteiger partial charge in [-0.05, 0) is 43.9 Å². The summed E-state index contributed by atoms with van der Waals surface area (Å²) < 4.78 is 35.1. The average molecular weight is 584 g/mol. The zero-order chi connectivity index (χ0) is 29.8. The lowest BCUT2D eigenvalue weighted by atomic mass is 10.0. The third kappa shape index (κ3) is 9.62. The van der Waals surface area contributed by atoms with E-state index in [2.05, 4.69) is 24.9 Å². The molecule has 2 N–H and O–H groups in total. The fourth-order valence-corrected chi connectivity index (χ4v) is 5.11. The molecule has 3 rings (SSSR count). The van der Waals surface area contributed by atoms with E-state index in [0.29, 0.717) is 12.1 Å². The molecule has 0 spiro atoms. The first kappa shape index (κ1) is 31.7. The summed E-state index contributed by atoms with van der Waals surface area (Å²) in [5.74, 6) is -0.789. The van der Waals surface area contributed by atoms with Crippen LogP contribution in [0.15, 0.2) is 83.0 Å². The molecular weight excluding hydrogens is 546 g/mol. The first-order chi connectivity index (χ1) is 19.6. The van der Waals surface area contributed by atoms with Crippen molar-refractivity contribution in [2.75, 3.05) is 13.7 Å². The van der Waals surface area contributed by atoms with Crippen molar-refractivity contribution >= 4 is 22.2 Å². The van der Waals surface area contributed by atoms with Crippen LogP contribution in [-0.2, 0) is 30.8 Å². The molecule has 1 aromatic heterocycles. The van der Waals surface area contributed by atoms with Gasteiger partial charge in [0.1, 0.15) is 5.69 Å². The third-order valence-corrected chi connectivity index (χ3v) is 7.90. The van der Waals surface area contributed by atoms with Crippen LogP contribution in [0.3, 0.4) is 0 Å². The second-order valence-electron chi connectivity index (χ2n) is 9.68. The molecule has 0 aliphatic carbocycles. The fraction of sp³-hybridized carbons (Fsp3) is 0.379. The van der Waals surface area contributed by atoms with Gasteiger partial charge in [0.15, 0.2) is 6.10 Å². The van der Waals surface area contributed by atoms with E-state index >= 15 is 0 Å². The first-order valence-electron chi connectivity index (χ1n) is 13.2. The molecular formula is C29H37N5O6S. The smallest absolute Gasteiger partial charge is 0.309 e. The Balaban J connectivity index is 1.71. The normalized spacial score (nSPS) is 15.0. The lowest BCUT2D eigenvalue weighted by molar-refractivity contribution is -0.139. The standard InChI is InChI=1S/C29H37N5O6S/c1-21-13-15-26(16-14-21)41(37,38)32-27(22(2)9-8-12-29(36)39-4)18-30-40-23(3)28-19-34(33-31-28)25(20-35)17-24-10-6-5-7-11-24/h5-11,13-16,18-19,22-23,25,27,32,35H,12,17,20H2,1-4H3/t22-,23+,25+,27-/m1/s1. The molecule has 0 aliphatic heterocycles. The number of aryl methyl sites for hydroxylation is 1. The van der Waals surface area contributed by atoms with Crippen molar-refractivity contribution in [3.05, 3.63) is 89.8 Å². The van der Waals surface area contributed by atoms with Gasteiger partial charge in [0.2, 0.25) is 10.0 Å². The van der Waals surface area contributed by atoms with Crippen molar-refractivity contribution in [3.63, 3.8) is 0 Å². The second kappa shape index (κ2) is 15.2. The lowest BCUT2D eigenvalue weighted by Crippen LogP contribution is -2.40. The van der Waals surface area contributed by atoms with Crippen LogP contribution in [0.2, 0.25) is 0 Å². The Labute approximate surface area is 240 Å². The third-order valence-electron chi connectivity index (χ3n) is 6.42. The summed E-state index contributed by atoms with van der Waals surface area (Å²) in [6.45, 7) is 5.29. The van der Waals surface area contributed by atoms with Crippen LogP contribution in [0.25, 0.3) is 0 Å². The van der Waals surface area contributed by atoms with Crippen molar-refractivity contribution in [2.45, 2.75) is 56.7 Å². The predicted octanol–water partition coefficient (Wildman–Crippen LogP) is 3.53. The maximum Gasteiger partial charge on any atom is 0.309 e. The Morgan fingerprint density at radius 2 is 1.85 bits per heavy atom. The van der Waals surface area contributed by atoms with Crippen molar-refractivity contribution in [1.82, 2.24) is 19.7 Å². The molecule has 41 heavy (non-hydrogen) atoms. The van der Waals surface area contributed by atoms with E-state index in [1.165, 1.54) is 25.5 Å². The van der Waals surface area contributed by atoms with Gasteiger partial charge in [-0.1, -0.05) is 77.5 Å². The zero-order valence-electron chi connectivity index (χ0n) is 23.6. The molecule has 11 nitrogen and oxygen atoms in total. The molecule has 4 atom stereocenters. The number of oxime groups is 1. The van der Waals surface area contributed by atoms with Crippen LogP contribution >= 0.6 is 0 Å². The number of sulfonamides is 1. The molecule has 0 fully saturated rings. The van der Waals surface area contributed by atoms with E-state index in [0.717, 1.165) is 11.1 Å². The number of hydrogen-bond donors (Lipinski definition) is 2. The van der Waals surface area contributed by atoms with Gasteiger partial charge in [0.25, 0.3) is 0 Å². The molecule has 0 unspecified atom stereocenters. The molecule has 0 aliphatic rings. The fourth-order valence-electron chi connectivity index (χ4n) is 3.85. The van der Waals surface area contributed by atoms with Crippen LogP contribution in [0.1, 0.15) is 49.2 Å². The largest absolute Gasteiger partial charge is 0.469 e. The number of aromatic nitrogens is 3. The molecule has 0 bridgehead atoms. The summed E-state index contributed by atoms with van der Waals surface area (Å²) in [7, 11) is -2.58. The first-order valence-corrected chi connectivity index (χ1v) is 14.7. The lowest BCUT2D eigenvalue weighted by Gasteiger charge is -2.19. The minimum Gasteiger partial charge on any atom is -0.469 e. The van der Waals surface area contributed by atoms with Gasteiger partial charge in [0.05, 0.1) is 49.5 Å². The van der Waals surface area contributed by atoms with E-state index in [1.807, 2.05) is 37.3 Å². The van der Waals surface area contributed by atoms with Gasteiger partial charge in [-0.15, -0.1) is 5.10 Å². The topological polar surface area (TPSA) is 145 Å². The van der Waals surface area contributed by atoms with Crippen LogP contribution in [0.4, 0.5) is 0 Å². The van der Waals surface area contributed by atoms with Gasteiger partial charge in [-0.3, -0.25) is 4.79 Å². The van der Waals surface area contributed by atoms with Crippen molar-refractivity contribution < 1.29 is 27.9 Å². The summed E-state index contributed by atoms with van der Waals surface area (Å²) in [6, 6.07) is 15.2. The number of aliphatic hydroxyl groups is 1. The Morgan fingerprint density at radius 3 is 2.51 bits per heavy atom. The Morgan fingerprint density at radius 1 is 1.15 bits per heavy atom. The number of hydrogen-bond acceptors (Lipinski definition) is 9.